The van der Waals surface area contributed by atoms with E-state index in [1.165, 1.54) is 0 Å². The number of hydrogen-bond acceptors (Lipinski definition) is 5. The van der Waals surface area contributed by atoms with Crippen molar-refractivity contribution < 1.29 is 14.2 Å². The molecule has 0 heterocycles. The van der Waals surface area contributed by atoms with Crippen molar-refractivity contribution in [2.45, 2.75) is 20.4 Å². The Morgan fingerprint density at radius 3 is 2.00 bits per heavy atom. The fourth-order valence-corrected chi connectivity index (χ4v) is 2.23. The second-order valence-electron chi connectivity index (χ2n) is 4.72. The maximum atomic E-state index is 5.42. The molecule has 1 rings (SSSR count). The molecule has 1 aromatic carbocycles. The minimum atomic E-state index is 0.682. The Morgan fingerprint density at radius 1 is 0.905 bits per heavy atom. The molecule has 0 aliphatic heterocycles. The van der Waals surface area contributed by atoms with Gasteiger partial charge in [-0.1, -0.05) is 13.8 Å². The molecule has 1 N–H and O–H groups in total. The molecule has 5 heteroatoms. The number of hydrogen-bond donors (Lipinski definition) is 1. The lowest BCUT2D eigenvalue weighted by molar-refractivity contribution is 0.301. The molecular formula is C16H28N2O3. The highest BCUT2D eigenvalue weighted by molar-refractivity contribution is 5.50. The Balaban J connectivity index is 2.65. The number of ether oxygens (including phenoxy) is 3. The SMILES string of the molecule is CCN(CC)CCNCc1cc(OC)c(OC)cc1OC. The van der Waals surface area contributed by atoms with Crippen LogP contribution in [0.1, 0.15) is 19.4 Å². The topological polar surface area (TPSA) is 43.0 Å². The maximum absolute atomic E-state index is 5.42. The van der Waals surface area contributed by atoms with Gasteiger partial charge in [0.05, 0.1) is 21.3 Å². The monoisotopic (exact) mass is 296 g/mol. The molecule has 0 unspecified atom stereocenters. The lowest BCUT2D eigenvalue weighted by Crippen LogP contribution is -2.31. The van der Waals surface area contributed by atoms with E-state index in [9.17, 15) is 0 Å². The summed E-state index contributed by atoms with van der Waals surface area (Å²) in [6, 6.07) is 3.82. The Kier molecular flexibility index (Phi) is 7.93. The molecule has 0 radical (unpaired) electrons. The summed E-state index contributed by atoms with van der Waals surface area (Å²) in [7, 11) is 4.93. The quantitative estimate of drug-likeness (QED) is 0.670. The van der Waals surface area contributed by atoms with Gasteiger partial charge in [0.2, 0.25) is 0 Å². The largest absolute Gasteiger partial charge is 0.496 e. The van der Waals surface area contributed by atoms with E-state index < -0.39 is 0 Å². The summed E-state index contributed by atoms with van der Waals surface area (Å²) in [5.74, 6) is 2.21. The first-order valence-electron chi connectivity index (χ1n) is 7.42. The van der Waals surface area contributed by atoms with Gasteiger partial charge < -0.3 is 24.4 Å². The lowest BCUT2D eigenvalue weighted by atomic mass is 10.1. The third kappa shape index (κ3) is 5.10. The van der Waals surface area contributed by atoms with Crippen molar-refractivity contribution in [3.05, 3.63) is 17.7 Å². The average Bonchev–Trinajstić information content (AvgIpc) is 2.54. The predicted molar refractivity (Wildman–Crippen MR) is 85.6 cm³/mol. The van der Waals surface area contributed by atoms with Crippen LogP contribution in [-0.2, 0) is 6.54 Å². The molecule has 0 fully saturated rings. The number of rotatable bonds is 10. The van der Waals surface area contributed by atoms with Gasteiger partial charge >= 0.3 is 0 Å². The smallest absolute Gasteiger partial charge is 0.164 e. The van der Waals surface area contributed by atoms with Crippen LogP contribution in [0.5, 0.6) is 17.2 Å². The van der Waals surface area contributed by atoms with Crippen LogP contribution < -0.4 is 19.5 Å². The molecule has 1 aromatic rings. The number of benzene rings is 1. The molecule has 5 nitrogen and oxygen atoms in total. The van der Waals surface area contributed by atoms with Crippen LogP contribution in [0.2, 0.25) is 0 Å². The van der Waals surface area contributed by atoms with Crippen molar-refractivity contribution in [2.24, 2.45) is 0 Å². The highest BCUT2D eigenvalue weighted by atomic mass is 16.5. The van der Waals surface area contributed by atoms with E-state index in [1.54, 1.807) is 21.3 Å². The Morgan fingerprint density at radius 2 is 1.48 bits per heavy atom. The number of likely N-dealkylation sites (N-methyl/N-ethyl adjacent to an activating group) is 1. The molecule has 0 spiro atoms. The van der Waals surface area contributed by atoms with Crippen molar-refractivity contribution in [2.75, 3.05) is 47.5 Å². The summed E-state index contributed by atoms with van der Waals surface area (Å²) < 4.78 is 16.0. The van der Waals surface area contributed by atoms with Crippen LogP contribution in [0.4, 0.5) is 0 Å². The van der Waals surface area contributed by atoms with E-state index >= 15 is 0 Å². The van der Waals surface area contributed by atoms with E-state index in [1.807, 2.05) is 12.1 Å². The van der Waals surface area contributed by atoms with E-state index in [2.05, 4.69) is 24.1 Å². The molecule has 0 bridgehead atoms. The number of nitrogens with zero attached hydrogens (tertiary/aromatic N) is 1. The standard InChI is InChI=1S/C16H28N2O3/c1-6-18(7-2)9-8-17-12-13-10-15(20-4)16(21-5)11-14(13)19-3/h10-11,17H,6-9,12H2,1-5H3. The molecule has 21 heavy (non-hydrogen) atoms. The molecular weight excluding hydrogens is 268 g/mol. The average molecular weight is 296 g/mol. The summed E-state index contributed by atoms with van der Waals surface area (Å²) in [6.07, 6.45) is 0. The Hall–Kier alpha value is -1.46. The molecule has 0 atom stereocenters. The summed E-state index contributed by atoms with van der Waals surface area (Å²) in [6.45, 7) is 9.25. The van der Waals surface area contributed by atoms with Crippen molar-refractivity contribution in [1.82, 2.24) is 10.2 Å². The minimum absolute atomic E-state index is 0.682. The normalized spacial score (nSPS) is 10.8. The zero-order valence-corrected chi connectivity index (χ0v) is 13.9. The third-order valence-corrected chi connectivity index (χ3v) is 3.60. The van der Waals surface area contributed by atoms with Gasteiger partial charge in [0.1, 0.15) is 5.75 Å². The summed E-state index contributed by atoms with van der Waals surface area (Å²) >= 11 is 0. The van der Waals surface area contributed by atoms with Crippen LogP contribution >= 0.6 is 0 Å². The van der Waals surface area contributed by atoms with Gasteiger partial charge in [0, 0.05) is 31.3 Å². The predicted octanol–water partition coefficient (Wildman–Crippen LogP) is 2.14. The van der Waals surface area contributed by atoms with Crippen molar-refractivity contribution in [3.63, 3.8) is 0 Å². The first-order valence-corrected chi connectivity index (χ1v) is 7.42. The van der Waals surface area contributed by atoms with E-state index in [-0.39, 0.29) is 0 Å². The van der Waals surface area contributed by atoms with Gasteiger partial charge in [-0.05, 0) is 19.2 Å². The third-order valence-electron chi connectivity index (χ3n) is 3.60. The van der Waals surface area contributed by atoms with Crippen LogP contribution in [0.15, 0.2) is 12.1 Å². The zero-order chi connectivity index (χ0) is 15.7. The maximum Gasteiger partial charge on any atom is 0.164 e. The molecule has 0 aromatic heterocycles. The van der Waals surface area contributed by atoms with Crippen molar-refractivity contribution in [1.29, 1.82) is 0 Å². The van der Waals surface area contributed by atoms with Crippen LogP contribution in [0, 0.1) is 0 Å². The van der Waals surface area contributed by atoms with Gasteiger partial charge in [-0.3, -0.25) is 0 Å². The highest BCUT2D eigenvalue weighted by Crippen LogP contribution is 2.34. The van der Waals surface area contributed by atoms with E-state index in [4.69, 9.17) is 14.2 Å². The van der Waals surface area contributed by atoms with Crippen LogP contribution in [0.3, 0.4) is 0 Å². The van der Waals surface area contributed by atoms with Gasteiger partial charge in [0.15, 0.2) is 11.5 Å². The molecule has 120 valence electrons. The molecule has 0 aliphatic rings. The highest BCUT2D eigenvalue weighted by Gasteiger charge is 2.11. The van der Waals surface area contributed by atoms with E-state index in [0.29, 0.717) is 5.75 Å². The molecule has 0 amide bonds. The van der Waals surface area contributed by atoms with Crippen molar-refractivity contribution >= 4 is 0 Å². The number of methoxy groups -OCH3 is 3. The summed E-state index contributed by atoms with van der Waals surface area (Å²) in [4.78, 5) is 2.39. The lowest BCUT2D eigenvalue weighted by Gasteiger charge is -2.19. The zero-order valence-electron chi connectivity index (χ0n) is 13.9. The fraction of sp³-hybridized carbons (Fsp3) is 0.625. The van der Waals surface area contributed by atoms with Crippen LogP contribution in [-0.4, -0.2) is 52.4 Å². The molecule has 0 aliphatic carbocycles. The first-order chi connectivity index (χ1) is 10.2. The Bertz CT molecular complexity index is 420. The summed E-state index contributed by atoms with van der Waals surface area (Å²) in [5.41, 5.74) is 1.06. The van der Waals surface area contributed by atoms with Gasteiger partial charge in [-0.25, -0.2) is 0 Å². The first kappa shape index (κ1) is 17.6. The van der Waals surface area contributed by atoms with Gasteiger partial charge in [0.25, 0.3) is 0 Å². The van der Waals surface area contributed by atoms with Gasteiger partial charge in [-0.2, -0.15) is 0 Å². The molecule has 0 saturated carbocycles. The minimum Gasteiger partial charge on any atom is -0.496 e. The second kappa shape index (κ2) is 9.47. The fourth-order valence-electron chi connectivity index (χ4n) is 2.23. The summed E-state index contributed by atoms with van der Waals surface area (Å²) in [5, 5.41) is 3.45. The second-order valence-corrected chi connectivity index (χ2v) is 4.72. The van der Waals surface area contributed by atoms with E-state index in [0.717, 1.165) is 49.8 Å². The van der Waals surface area contributed by atoms with Crippen LogP contribution in [0.25, 0.3) is 0 Å². The van der Waals surface area contributed by atoms with Gasteiger partial charge in [-0.15, -0.1) is 0 Å². The Labute approximate surface area is 128 Å². The molecule has 0 saturated heterocycles. The number of nitrogens with one attached hydrogen (secondary N) is 1. The van der Waals surface area contributed by atoms with Crippen molar-refractivity contribution in [3.8, 4) is 17.2 Å².